The van der Waals surface area contributed by atoms with Crippen molar-refractivity contribution in [2.45, 2.75) is 26.3 Å². The lowest BCUT2D eigenvalue weighted by atomic mass is 9.96. The summed E-state index contributed by atoms with van der Waals surface area (Å²) >= 11 is 6.78. The molecule has 1 aromatic carbocycles. The van der Waals surface area contributed by atoms with Crippen LogP contribution in [0.1, 0.15) is 25.3 Å². The molecule has 1 aromatic rings. The zero-order valence-electron chi connectivity index (χ0n) is 11.9. The molecule has 0 radical (unpaired) electrons. The van der Waals surface area contributed by atoms with Crippen LogP contribution in [0.3, 0.4) is 0 Å². The molecular formula is C15H19Br2NO3. The fourth-order valence-electron chi connectivity index (χ4n) is 2.57. The SMILES string of the molecule is CCOC(=O)C1CCN(Cc2cc(Br)cc(Br)c2O)CC1. The van der Waals surface area contributed by atoms with Crippen molar-refractivity contribution < 1.29 is 14.6 Å². The van der Waals surface area contributed by atoms with E-state index in [9.17, 15) is 9.90 Å². The van der Waals surface area contributed by atoms with Gasteiger partial charge in [-0.25, -0.2) is 0 Å². The van der Waals surface area contributed by atoms with E-state index in [1.165, 1.54) is 0 Å². The second kappa shape index (κ2) is 7.61. The lowest BCUT2D eigenvalue weighted by Gasteiger charge is -2.31. The first-order valence-electron chi connectivity index (χ1n) is 7.07. The predicted molar refractivity (Wildman–Crippen MR) is 88.1 cm³/mol. The minimum Gasteiger partial charge on any atom is -0.506 e. The van der Waals surface area contributed by atoms with Gasteiger partial charge in [0.1, 0.15) is 5.75 Å². The van der Waals surface area contributed by atoms with Gasteiger partial charge in [-0.3, -0.25) is 9.69 Å². The van der Waals surface area contributed by atoms with Crippen LogP contribution in [0.15, 0.2) is 21.1 Å². The molecule has 0 unspecified atom stereocenters. The molecule has 1 aliphatic rings. The number of carbonyl (C=O) groups excluding carboxylic acids is 1. The molecule has 2 rings (SSSR count). The molecule has 0 amide bonds. The highest BCUT2D eigenvalue weighted by Crippen LogP contribution is 2.33. The standard InChI is InChI=1S/C15H19Br2NO3/c1-2-21-15(20)10-3-5-18(6-4-10)9-11-7-12(16)8-13(17)14(11)19/h7-8,10,19H,2-6,9H2,1H3. The number of aromatic hydroxyl groups is 1. The van der Waals surface area contributed by atoms with E-state index in [0.717, 1.165) is 36.0 Å². The van der Waals surface area contributed by atoms with E-state index in [4.69, 9.17) is 4.74 Å². The first-order valence-corrected chi connectivity index (χ1v) is 8.65. The number of likely N-dealkylation sites (tertiary alicyclic amines) is 1. The number of nitrogens with zero attached hydrogens (tertiary/aromatic N) is 1. The molecular weight excluding hydrogens is 402 g/mol. The lowest BCUT2D eigenvalue weighted by Crippen LogP contribution is -2.36. The van der Waals surface area contributed by atoms with Crippen molar-refractivity contribution in [2.24, 2.45) is 5.92 Å². The third kappa shape index (κ3) is 4.44. The van der Waals surface area contributed by atoms with Crippen LogP contribution in [-0.2, 0) is 16.1 Å². The summed E-state index contributed by atoms with van der Waals surface area (Å²) in [6.45, 7) is 4.64. The second-order valence-electron chi connectivity index (χ2n) is 5.20. The smallest absolute Gasteiger partial charge is 0.309 e. The highest BCUT2D eigenvalue weighted by molar-refractivity contribution is 9.11. The number of phenolic OH excluding ortho intramolecular Hbond substituents is 1. The molecule has 0 spiro atoms. The molecule has 21 heavy (non-hydrogen) atoms. The molecule has 0 aliphatic carbocycles. The zero-order chi connectivity index (χ0) is 15.4. The topological polar surface area (TPSA) is 49.8 Å². The second-order valence-corrected chi connectivity index (χ2v) is 6.97. The van der Waals surface area contributed by atoms with Crippen molar-refractivity contribution in [2.75, 3.05) is 19.7 Å². The maximum absolute atomic E-state index is 11.7. The number of benzene rings is 1. The van der Waals surface area contributed by atoms with Crippen molar-refractivity contribution in [1.82, 2.24) is 4.90 Å². The number of piperidine rings is 1. The third-order valence-corrected chi connectivity index (χ3v) is 4.77. The number of hydrogen-bond donors (Lipinski definition) is 1. The quantitative estimate of drug-likeness (QED) is 0.754. The summed E-state index contributed by atoms with van der Waals surface area (Å²) < 4.78 is 6.70. The Morgan fingerprint density at radius 2 is 2.05 bits per heavy atom. The van der Waals surface area contributed by atoms with Crippen LogP contribution < -0.4 is 0 Å². The highest BCUT2D eigenvalue weighted by atomic mass is 79.9. The lowest BCUT2D eigenvalue weighted by molar-refractivity contribution is -0.149. The molecule has 1 aliphatic heterocycles. The van der Waals surface area contributed by atoms with Gasteiger partial charge in [-0.1, -0.05) is 15.9 Å². The Hall–Kier alpha value is -0.590. The molecule has 1 N–H and O–H groups in total. The molecule has 0 aromatic heterocycles. The predicted octanol–water partition coefficient (Wildman–Crippen LogP) is 3.69. The monoisotopic (exact) mass is 419 g/mol. The van der Waals surface area contributed by atoms with Crippen LogP contribution in [0.25, 0.3) is 0 Å². The van der Waals surface area contributed by atoms with E-state index in [1.54, 1.807) is 0 Å². The van der Waals surface area contributed by atoms with Gasteiger partial charge in [0, 0.05) is 16.6 Å². The van der Waals surface area contributed by atoms with E-state index < -0.39 is 0 Å². The van der Waals surface area contributed by atoms with Crippen LogP contribution in [0.2, 0.25) is 0 Å². The van der Waals surface area contributed by atoms with Crippen LogP contribution in [0.5, 0.6) is 5.75 Å². The number of carbonyl (C=O) groups is 1. The molecule has 0 bridgehead atoms. The summed E-state index contributed by atoms with van der Waals surface area (Å²) in [5.74, 6) is 0.222. The van der Waals surface area contributed by atoms with Gasteiger partial charge in [-0.2, -0.15) is 0 Å². The first kappa shape index (κ1) is 16.8. The van der Waals surface area contributed by atoms with Gasteiger partial charge in [0.15, 0.2) is 0 Å². The zero-order valence-corrected chi connectivity index (χ0v) is 15.1. The van der Waals surface area contributed by atoms with Crippen molar-refractivity contribution >= 4 is 37.8 Å². The van der Waals surface area contributed by atoms with Crippen molar-refractivity contribution in [3.05, 3.63) is 26.6 Å². The summed E-state index contributed by atoms with van der Waals surface area (Å²) in [5.41, 5.74) is 0.880. The number of ether oxygens (including phenoxy) is 1. The van der Waals surface area contributed by atoms with Gasteiger partial charge < -0.3 is 9.84 Å². The number of phenols is 1. The molecule has 6 heteroatoms. The fourth-order valence-corrected chi connectivity index (χ4v) is 3.88. The van der Waals surface area contributed by atoms with Gasteiger partial charge in [-0.05, 0) is 60.9 Å². The molecule has 116 valence electrons. The summed E-state index contributed by atoms with van der Waals surface area (Å²) in [6, 6.07) is 3.75. The summed E-state index contributed by atoms with van der Waals surface area (Å²) in [5, 5.41) is 10.1. The van der Waals surface area contributed by atoms with Crippen molar-refractivity contribution in [1.29, 1.82) is 0 Å². The Bertz CT molecular complexity index is 514. The maximum atomic E-state index is 11.7. The van der Waals surface area contributed by atoms with Gasteiger partial charge in [0.05, 0.1) is 17.0 Å². The molecule has 0 saturated carbocycles. The molecule has 1 fully saturated rings. The molecule has 1 heterocycles. The number of halogens is 2. The maximum Gasteiger partial charge on any atom is 0.309 e. The number of esters is 1. The van der Waals surface area contributed by atoms with E-state index in [2.05, 4.69) is 36.8 Å². The van der Waals surface area contributed by atoms with Gasteiger partial charge in [0.25, 0.3) is 0 Å². The summed E-state index contributed by atoms with van der Waals surface area (Å²) in [6.07, 6.45) is 1.63. The minimum absolute atomic E-state index is 0.0176. The molecule has 0 atom stereocenters. The summed E-state index contributed by atoms with van der Waals surface area (Å²) in [4.78, 5) is 14.0. The highest BCUT2D eigenvalue weighted by Gasteiger charge is 2.26. The normalized spacial score (nSPS) is 16.9. The van der Waals surface area contributed by atoms with Gasteiger partial charge in [0.2, 0.25) is 0 Å². The number of rotatable bonds is 4. The fraction of sp³-hybridized carbons (Fsp3) is 0.533. The summed E-state index contributed by atoms with van der Waals surface area (Å²) in [7, 11) is 0. The third-order valence-electron chi connectivity index (χ3n) is 3.71. The largest absolute Gasteiger partial charge is 0.506 e. The Kier molecular flexibility index (Phi) is 6.08. The Morgan fingerprint density at radius 3 is 2.67 bits per heavy atom. The number of hydrogen-bond acceptors (Lipinski definition) is 4. The van der Waals surface area contributed by atoms with E-state index in [1.807, 2.05) is 19.1 Å². The molecule has 1 saturated heterocycles. The first-order chi connectivity index (χ1) is 10.0. The average molecular weight is 421 g/mol. The van der Waals surface area contributed by atoms with Crippen molar-refractivity contribution in [3.63, 3.8) is 0 Å². The van der Waals surface area contributed by atoms with Crippen LogP contribution >= 0.6 is 31.9 Å². The van der Waals surface area contributed by atoms with Crippen LogP contribution in [0.4, 0.5) is 0 Å². The minimum atomic E-state index is -0.0785. The van der Waals surface area contributed by atoms with Gasteiger partial charge in [-0.15, -0.1) is 0 Å². The Labute approximate surface area is 141 Å². The Morgan fingerprint density at radius 1 is 1.38 bits per heavy atom. The average Bonchev–Trinajstić information content (AvgIpc) is 2.45. The van der Waals surface area contributed by atoms with Crippen molar-refractivity contribution in [3.8, 4) is 5.75 Å². The van der Waals surface area contributed by atoms with E-state index >= 15 is 0 Å². The van der Waals surface area contributed by atoms with Crippen LogP contribution in [0, 0.1) is 5.92 Å². The van der Waals surface area contributed by atoms with Gasteiger partial charge >= 0.3 is 5.97 Å². The van der Waals surface area contributed by atoms with Crippen LogP contribution in [-0.4, -0.2) is 35.7 Å². The Balaban J connectivity index is 1.93. The van der Waals surface area contributed by atoms with E-state index in [0.29, 0.717) is 17.6 Å². The molecule has 4 nitrogen and oxygen atoms in total. The van der Waals surface area contributed by atoms with E-state index in [-0.39, 0.29) is 17.6 Å².